The van der Waals surface area contributed by atoms with Gasteiger partial charge in [0.1, 0.15) is 5.82 Å². The highest BCUT2D eigenvalue weighted by Gasteiger charge is 2.14. The Bertz CT molecular complexity index is 516. The van der Waals surface area contributed by atoms with E-state index >= 15 is 0 Å². The van der Waals surface area contributed by atoms with E-state index in [1.165, 1.54) is 0 Å². The van der Waals surface area contributed by atoms with Gasteiger partial charge in [-0.3, -0.25) is 10.5 Å². The van der Waals surface area contributed by atoms with E-state index in [2.05, 4.69) is 30.9 Å². The number of anilines is 2. The largest absolute Gasteiger partial charge is 0.389 e. The summed E-state index contributed by atoms with van der Waals surface area (Å²) in [4.78, 5) is 8.26. The number of hydrogen-bond acceptors (Lipinski definition) is 7. The number of nitrogen functional groups attached to an aromatic ring is 1. The number of hydrazine groups is 1. The number of fused-ring (bicyclic) bond motifs is 1. The maximum atomic E-state index is 9.66. The molecule has 0 amide bonds. The van der Waals surface area contributed by atoms with Gasteiger partial charge in [0.25, 0.3) is 0 Å². The highest BCUT2D eigenvalue weighted by atomic mass is 16.3. The summed E-state index contributed by atoms with van der Waals surface area (Å²) >= 11 is 0. The number of H-pyrrole nitrogens is 1. The van der Waals surface area contributed by atoms with E-state index in [-0.39, 0.29) is 5.95 Å². The van der Waals surface area contributed by atoms with Gasteiger partial charge in [-0.2, -0.15) is 15.1 Å². The lowest BCUT2D eigenvalue weighted by atomic mass is 10.1. The number of rotatable bonds is 4. The highest BCUT2D eigenvalue weighted by molar-refractivity contribution is 5.86. The third-order valence-electron chi connectivity index (χ3n) is 2.13. The van der Waals surface area contributed by atoms with Crippen LogP contribution in [-0.4, -0.2) is 37.4 Å². The molecule has 92 valence electrons. The first kappa shape index (κ1) is 11.6. The minimum atomic E-state index is -0.836. The van der Waals surface area contributed by atoms with Crippen molar-refractivity contribution in [2.45, 2.75) is 19.4 Å². The lowest BCUT2D eigenvalue weighted by Gasteiger charge is -2.18. The Labute approximate surface area is 97.6 Å². The Morgan fingerprint density at radius 1 is 1.47 bits per heavy atom. The van der Waals surface area contributed by atoms with Crippen molar-refractivity contribution in [1.82, 2.24) is 20.2 Å². The third kappa shape index (κ3) is 2.60. The third-order valence-corrected chi connectivity index (χ3v) is 2.13. The molecular weight excluding hydrogens is 222 g/mol. The van der Waals surface area contributed by atoms with Crippen LogP contribution in [0.2, 0.25) is 0 Å². The smallest absolute Gasteiger partial charge is 0.241 e. The molecule has 2 aromatic heterocycles. The van der Waals surface area contributed by atoms with Crippen LogP contribution in [0.1, 0.15) is 13.8 Å². The van der Waals surface area contributed by atoms with Gasteiger partial charge in [-0.05, 0) is 13.8 Å². The molecule has 0 fully saturated rings. The number of nitrogens with zero attached hydrogens (tertiary/aromatic N) is 3. The van der Waals surface area contributed by atoms with Crippen LogP contribution in [0.15, 0.2) is 6.20 Å². The van der Waals surface area contributed by atoms with E-state index in [0.29, 0.717) is 18.0 Å². The van der Waals surface area contributed by atoms with Gasteiger partial charge in [-0.15, -0.1) is 0 Å². The molecule has 0 atom stereocenters. The molecule has 8 nitrogen and oxygen atoms in total. The predicted molar refractivity (Wildman–Crippen MR) is 64.3 cm³/mol. The van der Waals surface area contributed by atoms with Crippen molar-refractivity contribution in [2.75, 3.05) is 17.3 Å². The monoisotopic (exact) mass is 237 g/mol. The Morgan fingerprint density at radius 2 is 2.24 bits per heavy atom. The molecule has 2 heterocycles. The molecule has 0 unspecified atom stereocenters. The number of nitrogens with one attached hydrogen (secondary N) is 3. The fourth-order valence-corrected chi connectivity index (χ4v) is 1.33. The Hall–Kier alpha value is -1.93. The van der Waals surface area contributed by atoms with Crippen LogP contribution in [0.5, 0.6) is 0 Å². The van der Waals surface area contributed by atoms with Crippen LogP contribution in [-0.2, 0) is 0 Å². The molecule has 0 aliphatic heterocycles. The van der Waals surface area contributed by atoms with Crippen molar-refractivity contribution in [1.29, 1.82) is 0 Å². The van der Waals surface area contributed by atoms with Crippen LogP contribution in [0.25, 0.3) is 11.0 Å². The summed E-state index contributed by atoms with van der Waals surface area (Å²) in [6.07, 6.45) is 1.61. The number of aromatic nitrogens is 4. The molecule has 0 saturated carbocycles. The van der Waals surface area contributed by atoms with Gasteiger partial charge in [0.15, 0.2) is 5.65 Å². The molecule has 2 aromatic rings. The van der Waals surface area contributed by atoms with Crippen LogP contribution in [0, 0.1) is 0 Å². The quantitative estimate of drug-likeness (QED) is 0.369. The Morgan fingerprint density at radius 3 is 2.88 bits per heavy atom. The minimum absolute atomic E-state index is 0.278. The zero-order chi connectivity index (χ0) is 12.5. The van der Waals surface area contributed by atoms with Crippen LogP contribution in [0.4, 0.5) is 11.8 Å². The van der Waals surface area contributed by atoms with Crippen molar-refractivity contribution in [2.24, 2.45) is 5.84 Å². The van der Waals surface area contributed by atoms with Gasteiger partial charge >= 0.3 is 0 Å². The van der Waals surface area contributed by atoms with Crippen LogP contribution >= 0.6 is 0 Å². The lowest BCUT2D eigenvalue weighted by molar-refractivity contribution is 0.0944. The van der Waals surface area contributed by atoms with E-state index < -0.39 is 5.60 Å². The summed E-state index contributed by atoms with van der Waals surface area (Å²) in [5, 5.41) is 20.0. The SMILES string of the molecule is CC(C)(O)CNc1nc(NN)nc2[nH]ncc12. The summed E-state index contributed by atoms with van der Waals surface area (Å²) in [5.41, 5.74) is 2.11. The van der Waals surface area contributed by atoms with E-state index in [4.69, 9.17) is 5.84 Å². The zero-order valence-electron chi connectivity index (χ0n) is 9.65. The maximum absolute atomic E-state index is 9.66. The average molecular weight is 237 g/mol. The fourth-order valence-electron chi connectivity index (χ4n) is 1.33. The van der Waals surface area contributed by atoms with Gasteiger partial charge in [0.2, 0.25) is 5.95 Å². The van der Waals surface area contributed by atoms with Gasteiger partial charge in [-0.25, -0.2) is 5.84 Å². The summed E-state index contributed by atoms with van der Waals surface area (Å²) < 4.78 is 0. The standard InChI is InChI=1S/C9H15N7O/c1-9(2,17)4-11-6-5-3-12-16-7(5)14-8(13-6)15-10/h3,17H,4,10H2,1-2H3,(H3,11,12,13,14,15,16). The number of hydrogen-bond donors (Lipinski definition) is 5. The molecule has 0 aliphatic rings. The van der Waals surface area contributed by atoms with Crippen molar-refractivity contribution in [3.63, 3.8) is 0 Å². The van der Waals surface area contributed by atoms with E-state index in [0.717, 1.165) is 5.39 Å². The van der Waals surface area contributed by atoms with Crippen molar-refractivity contribution >= 4 is 22.8 Å². The topological polar surface area (TPSA) is 125 Å². The molecular formula is C9H15N7O. The molecule has 8 heteroatoms. The molecule has 0 saturated heterocycles. The molecule has 0 radical (unpaired) electrons. The normalized spacial score (nSPS) is 11.8. The number of aliphatic hydroxyl groups is 1. The van der Waals surface area contributed by atoms with Crippen LogP contribution < -0.4 is 16.6 Å². The second-order valence-electron chi connectivity index (χ2n) is 4.34. The summed E-state index contributed by atoms with van der Waals surface area (Å²) in [6, 6.07) is 0. The van der Waals surface area contributed by atoms with Crippen molar-refractivity contribution in [3.8, 4) is 0 Å². The van der Waals surface area contributed by atoms with E-state index in [1.807, 2.05) is 0 Å². The molecule has 0 aromatic carbocycles. The Balaban J connectivity index is 2.34. The first-order valence-electron chi connectivity index (χ1n) is 5.13. The molecule has 0 bridgehead atoms. The molecule has 0 aliphatic carbocycles. The first-order chi connectivity index (χ1) is 7.99. The molecule has 0 spiro atoms. The van der Waals surface area contributed by atoms with Gasteiger partial charge in [-0.1, -0.05) is 0 Å². The second-order valence-corrected chi connectivity index (χ2v) is 4.34. The van der Waals surface area contributed by atoms with Gasteiger partial charge in [0, 0.05) is 6.54 Å². The average Bonchev–Trinajstić information content (AvgIpc) is 2.72. The molecule has 2 rings (SSSR count). The first-order valence-corrected chi connectivity index (χ1v) is 5.13. The zero-order valence-corrected chi connectivity index (χ0v) is 9.65. The second kappa shape index (κ2) is 4.15. The Kier molecular flexibility index (Phi) is 2.82. The van der Waals surface area contributed by atoms with Crippen LogP contribution in [0.3, 0.4) is 0 Å². The van der Waals surface area contributed by atoms with Crippen molar-refractivity contribution in [3.05, 3.63) is 6.20 Å². The van der Waals surface area contributed by atoms with E-state index in [1.54, 1.807) is 20.0 Å². The van der Waals surface area contributed by atoms with Gasteiger partial charge in [0.05, 0.1) is 17.2 Å². The van der Waals surface area contributed by atoms with E-state index in [9.17, 15) is 5.11 Å². The number of nitrogens with two attached hydrogens (primary N) is 1. The highest BCUT2D eigenvalue weighted by Crippen LogP contribution is 2.20. The minimum Gasteiger partial charge on any atom is -0.389 e. The predicted octanol–water partition coefficient (Wildman–Crippen LogP) is -0.179. The summed E-state index contributed by atoms with van der Waals surface area (Å²) in [6.45, 7) is 3.76. The van der Waals surface area contributed by atoms with Crippen molar-refractivity contribution < 1.29 is 5.11 Å². The fraction of sp³-hybridized carbons (Fsp3) is 0.444. The summed E-state index contributed by atoms with van der Waals surface area (Å²) in [5.74, 6) is 6.12. The lowest BCUT2D eigenvalue weighted by Crippen LogP contribution is -2.29. The van der Waals surface area contributed by atoms with Gasteiger partial charge < -0.3 is 10.4 Å². The molecule has 6 N–H and O–H groups in total. The molecule has 17 heavy (non-hydrogen) atoms. The summed E-state index contributed by atoms with van der Waals surface area (Å²) in [7, 11) is 0. The number of aromatic amines is 1. The maximum Gasteiger partial charge on any atom is 0.241 e.